The van der Waals surface area contributed by atoms with Crippen LogP contribution >= 0.6 is 11.3 Å². The highest BCUT2D eigenvalue weighted by atomic mass is 32.1. The highest BCUT2D eigenvalue weighted by molar-refractivity contribution is 7.13. The smallest absolute Gasteiger partial charge is 0.251 e. The number of hydrogen-bond acceptors (Lipinski definition) is 5. The van der Waals surface area contributed by atoms with E-state index in [1.807, 2.05) is 43.5 Å². The highest BCUT2D eigenvalue weighted by Crippen LogP contribution is 2.24. The van der Waals surface area contributed by atoms with Crippen molar-refractivity contribution in [2.45, 2.75) is 26.1 Å². The van der Waals surface area contributed by atoms with Gasteiger partial charge in [0.25, 0.3) is 5.91 Å². The fourth-order valence-electron chi connectivity index (χ4n) is 2.49. The lowest BCUT2D eigenvalue weighted by molar-refractivity contribution is -0.145. The third-order valence-corrected chi connectivity index (χ3v) is 4.76. The van der Waals surface area contributed by atoms with E-state index in [2.05, 4.69) is 10.3 Å². The second-order valence-electron chi connectivity index (χ2n) is 5.71. The summed E-state index contributed by atoms with van der Waals surface area (Å²) in [7, 11) is 0. The molecule has 0 aliphatic carbocycles. The number of rotatable bonds is 5. The Morgan fingerprint density at radius 1 is 1.39 bits per heavy atom. The van der Waals surface area contributed by atoms with Crippen LogP contribution in [0.2, 0.25) is 0 Å². The first-order valence-corrected chi connectivity index (χ1v) is 8.52. The molecule has 0 spiro atoms. The maximum Gasteiger partial charge on any atom is 0.251 e. The maximum atomic E-state index is 12.3. The van der Waals surface area contributed by atoms with Gasteiger partial charge < -0.3 is 14.8 Å². The van der Waals surface area contributed by atoms with Crippen LogP contribution in [0.3, 0.4) is 0 Å². The predicted molar refractivity (Wildman–Crippen MR) is 89.5 cm³/mol. The van der Waals surface area contributed by atoms with Crippen molar-refractivity contribution in [3.8, 4) is 10.6 Å². The van der Waals surface area contributed by atoms with Gasteiger partial charge in [0.2, 0.25) is 0 Å². The minimum Gasteiger partial charge on any atom is -0.352 e. The zero-order chi connectivity index (χ0) is 16.3. The number of carbonyl (C=O) groups excluding carboxylic acids is 1. The van der Waals surface area contributed by atoms with Crippen molar-refractivity contribution in [2.24, 2.45) is 0 Å². The molecule has 0 bridgehead atoms. The molecule has 5 nitrogen and oxygen atoms in total. The number of amides is 1. The Morgan fingerprint density at radius 3 is 2.87 bits per heavy atom. The highest BCUT2D eigenvalue weighted by Gasteiger charge is 2.30. The van der Waals surface area contributed by atoms with Gasteiger partial charge in [0.15, 0.2) is 5.79 Å². The molecule has 0 unspecified atom stereocenters. The molecular weight excluding hydrogens is 312 g/mol. The molecule has 0 saturated carbocycles. The van der Waals surface area contributed by atoms with Crippen LogP contribution in [0.1, 0.15) is 29.4 Å². The SMILES string of the molecule is Cc1csc(-c2cccc(C(=O)NCCC3(C)OCCO3)c2)n1. The third kappa shape index (κ3) is 3.96. The van der Waals surface area contributed by atoms with Crippen molar-refractivity contribution in [2.75, 3.05) is 19.8 Å². The van der Waals surface area contributed by atoms with Crippen LogP contribution in [0.5, 0.6) is 0 Å². The number of ether oxygens (including phenoxy) is 2. The largest absolute Gasteiger partial charge is 0.352 e. The summed E-state index contributed by atoms with van der Waals surface area (Å²) in [5.41, 5.74) is 2.59. The summed E-state index contributed by atoms with van der Waals surface area (Å²) in [4.78, 5) is 16.8. The molecule has 1 N–H and O–H groups in total. The van der Waals surface area contributed by atoms with Crippen molar-refractivity contribution in [1.29, 1.82) is 0 Å². The van der Waals surface area contributed by atoms with Crippen LogP contribution in [-0.4, -0.2) is 36.4 Å². The summed E-state index contributed by atoms with van der Waals surface area (Å²) < 4.78 is 11.1. The van der Waals surface area contributed by atoms with Crippen LogP contribution in [0.25, 0.3) is 10.6 Å². The van der Waals surface area contributed by atoms with Crippen molar-refractivity contribution in [3.63, 3.8) is 0 Å². The number of carbonyl (C=O) groups is 1. The monoisotopic (exact) mass is 332 g/mol. The van der Waals surface area contributed by atoms with Crippen LogP contribution in [0, 0.1) is 6.92 Å². The van der Waals surface area contributed by atoms with Gasteiger partial charge in [-0.15, -0.1) is 11.3 Å². The number of thiazole rings is 1. The molecular formula is C17H20N2O3S. The minimum absolute atomic E-state index is 0.0956. The van der Waals surface area contributed by atoms with Gasteiger partial charge in [-0.3, -0.25) is 4.79 Å². The zero-order valence-electron chi connectivity index (χ0n) is 13.3. The average molecular weight is 332 g/mol. The Bertz CT molecular complexity index is 693. The van der Waals surface area contributed by atoms with Gasteiger partial charge in [0, 0.05) is 35.2 Å². The van der Waals surface area contributed by atoms with Gasteiger partial charge in [-0.25, -0.2) is 4.98 Å². The van der Waals surface area contributed by atoms with Crippen molar-refractivity contribution in [1.82, 2.24) is 10.3 Å². The molecule has 0 atom stereocenters. The van der Waals surface area contributed by atoms with E-state index in [0.717, 1.165) is 16.3 Å². The molecule has 3 rings (SSSR count). The third-order valence-electron chi connectivity index (χ3n) is 3.75. The summed E-state index contributed by atoms with van der Waals surface area (Å²) in [6, 6.07) is 7.53. The van der Waals surface area contributed by atoms with Crippen LogP contribution in [-0.2, 0) is 9.47 Å². The standard InChI is InChI=1S/C17H20N2O3S/c1-12-11-23-16(19-12)14-5-3-4-13(10-14)15(20)18-7-6-17(2)21-8-9-22-17/h3-5,10-11H,6-9H2,1-2H3,(H,18,20). The summed E-state index contributed by atoms with van der Waals surface area (Å²) in [5, 5.41) is 5.85. The molecule has 1 saturated heterocycles. The molecule has 6 heteroatoms. The van der Waals surface area contributed by atoms with Crippen LogP contribution in [0.15, 0.2) is 29.6 Å². The summed E-state index contributed by atoms with van der Waals surface area (Å²) in [6.45, 7) is 5.59. The fourth-order valence-corrected chi connectivity index (χ4v) is 3.28. The summed E-state index contributed by atoms with van der Waals surface area (Å²) in [5.74, 6) is -0.671. The van der Waals surface area contributed by atoms with Gasteiger partial charge in [-0.1, -0.05) is 12.1 Å². The number of aryl methyl sites for hydroxylation is 1. The van der Waals surface area contributed by atoms with E-state index in [-0.39, 0.29) is 5.91 Å². The van der Waals surface area contributed by atoms with Crippen molar-refractivity contribution >= 4 is 17.2 Å². The molecule has 1 amide bonds. The Kier molecular flexibility index (Phi) is 4.75. The molecule has 0 radical (unpaired) electrons. The van der Waals surface area contributed by atoms with Gasteiger partial charge in [-0.05, 0) is 26.0 Å². The number of nitrogens with zero attached hydrogens (tertiary/aromatic N) is 1. The summed E-state index contributed by atoms with van der Waals surface area (Å²) >= 11 is 1.58. The van der Waals surface area contributed by atoms with E-state index in [4.69, 9.17) is 9.47 Å². The second-order valence-corrected chi connectivity index (χ2v) is 6.57. The van der Waals surface area contributed by atoms with E-state index < -0.39 is 5.79 Å². The first-order valence-electron chi connectivity index (χ1n) is 7.64. The number of nitrogens with one attached hydrogen (secondary N) is 1. The van der Waals surface area contributed by atoms with E-state index in [0.29, 0.717) is 31.7 Å². The Hall–Kier alpha value is -1.76. The molecule has 122 valence electrons. The maximum absolute atomic E-state index is 12.3. The van der Waals surface area contributed by atoms with E-state index in [1.165, 1.54) is 0 Å². The molecule has 23 heavy (non-hydrogen) atoms. The quantitative estimate of drug-likeness (QED) is 0.914. The van der Waals surface area contributed by atoms with E-state index >= 15 is 0 Å². The zero-order valence-corrected chi connectivity index (χ0v) is 14.1. The van der Waals surface area contributed by atoms with E-state index in [1.54, 1.807) is 11.3 Å². The first kappa shape index (κ1) is 16.1. The van der Waals surface area contributed by atoms with Crippen molar-refractivity contribution in [3.05, 3.63) is 40.9 Å². The van der Waals surface area contributed by atoms with Gasteiger partial charge in [0.1, 0.15) is 5.01 Å². The number of aromatic nitrogens is 1. The van der Waals surface area contributed by atoms with Gasteiger partial charge in [0.05, 0.1) is 13.2 Å². The molecule has 1 aromatic carbocycles. The Labute approximate surface area is 139 Å². The lowest BCUT2D eigenvalue weighted by Gasteiger charge is -2.22. The molecule has 2 aromatic rings. The molecule has 1 aliphatic rings. The molecule has 2 heterocycles. The molecule has 1 aliphatic heterocycles. The Balaban J connectivity index is 1.61. The molecule has 1 aromatic heterocycles. The first-order chi connectivity index (χ1) is 11.1. The van der Waals surface area contributed by atoms with E-state index in [9.17, 15) is 4.79 Å². The number of benzene rings is 1. The number of hydrogen-bond donors (Lipinski definition) is 1. The minimum atomic E-state index is -0.576. The fraction of sp³-hybridized carbons (Fsp3) is 0.412. The van der Waals surface area contributed by atoms with Crippen LogP contribution < -0.4 is 5.32 Å². The lowest BCUT2D eigenvalue weighted by atomic mass is 10.1. The lowest BCUT2D eigenvalue weighted by Crippen LogP contribution is -2.33. The van der Waals surface area contributed by atoms with Gasteiger partial charge >= 0.3 is 0 Å². The average Bonchev–Trinajstić information content (AvgIpc) is 3.16. The Morgan fingerprint density at radius 2 is 2.17 bits per heavy atom. The van der Waals surface area contributed by atoms with Crippen LogP contribution in [0.4, 0.5) is 0 Å². The second kappa shape index (κ2) is 6.78. The van der Waals surface area contributed by atoms with Gasteiger partial charge in [-0.2, -0.15) is 0 Å². The normalized spacial score (nSPS) is 16.4. The van der Waals surface area contributed by atoms with Crippen molar-refractivity contribution < 1.29 is 14.3 Å². The summed E-state index contributed by atoms with van der Waals surface area (Å²) in [6.07, 6.45) is 0.629. The predicted octanol–water partition coefficient (Wildman–Crippen LogP) is 3.00. The topological polar surface area (TPSA) is 60.5 Å². The molecule has 1 fully saturated rings.